The molecule has 3 aromatic rings. The number of aryl methyl sites for hydroxylation is 1. The molecule has 0 aliphatic heterocycles. The van der Waals surface area contributed by atoms with Gasteiger partial charge in [0, 0.05) is 25.1 Å². The largest absolute Gasteiger partial charge is 0.457 e. The summed E-state index contributed by atoms with van der Waals surface area (Å²) in [5, 5.41) is 7.36. The number of ether oxygens (including phenoxy) is 1. The molecule has 0 saturated carbocycles. The van der Waals surface area contributed by atoms with Crippen molar-refractivity contribution in [2.24, 2.45) is 0 Å². The van der Waals surface area contributed by atoms with E-state index in [4.69, 9.17) is 10.5 Å². The van der Waals surface area contributed by atoms with Gasteiger partial charge in [0.1, 0.15) is 23.0 Å². The summed E-state index contributed by atoms with van der Waals surface area (Å²) in [5.74, 6) is 0.112. The number of carbonyl (C=O) groups is 1. The summed E-state index contributed by atoms with van der Waals surface area (Å²) in [6.45, 7) is 4.08. The van der Waals surface area contributed by atoms with E-state index in [1.54, 1.807) is 37.4 Å². The molecule has 0 saturated heterocycles. The highest BCUT2D eigenvalue weighted by Gasteiger charge is 2.22. The lowest BCUT2D eigenvalue weighted by atomic mass is 10.1. The molecule has 1 heterocycles. The van der Waals surface area contributed by atoms with Gasteiger partial charge in [-0.3, -0.25) is 4.79 Å². The molecule has 0 aliphatic carbocycles. The van der Waals surface area contributed by atoms with E-state index in [9.17, 15) is 4.79 Å². The normalized spacial score (nSPS) is 11.8. The van der Waals surface area contributed by atoms with Crippen molar-refractivity contribution in [3.05, 3.63) is 102 Å². The van der Waals surface area contributed by atoms with Gasteiger partial charge in [0.2, 0.25) is 5.78 Å². The summed E-state index contributed by atoms with van der Waals surface area (Å²) in [4.78, 5) is 13.3. The number of nitrogens with two attached hydrogens (primary N) is 1. The van der Waals surface area contributed by atoms with E-state index in [1.165, 1.54) is 28.9 Å². The number of nitrogen functional groups attached to an aromatic ring is 1. The fraction of sp³-hybridized carbons (Fsp3) is 0.185. The fourth-order valence-corrected chi connectivity index (χ4v) is 3.66. The number of aromatic nitrogens is 2. The predicted octanol–water partition coefficient (Wildman–Crippen LogP) is 5.70. The lowest BCUT2D eigenvalue weighted by molar-refractivity contribution is 0.102. The molecule has 36 heavy (non-hydrogen) atoms. The second kappa shape index (κ2) is 13.2. The summed E-state index contributed by atoms with van der Waals surface area (Å²) >= 11 is 1.47. The molecule has 7 nitrogen and oxygen atoms in total. The van der Waals surface area contributed by atoms with E-state index in [2.05, 4.69) is 15.1 Å². The summed E-state index contributed by atoms with van der Waals surface area (Å²) in [6, 6.07) is 12.1. The zero-order valence-corrected chi connectivity index (χ0v) is 21.3. The standard InChI is InChI=1S/C27H30FN5O2S/c1-4-5-7-13-24(30-14-10-15-32-36-3)26(34)22-18-31-33(27(22)29)25-19(2)16-21(17-23(25)28)35-20-11-8-6-9-12-20/h4-6,8-13,15-18,30,32H,7,14,29H2,1-3H3/b5-4+,15-10+,24-13-. The minimum atomic E-state index is -0.567. The van der Waals surface area contributed by atoms with Crippen molar-refractivity contribution in [3.63, 3.8) is 0 Å². The van der Waals surface area contributed by atoms with Crippen molar-refractivity contribution < 1.29 is 13.9 Å². The second-order valence-electron chi connectivity index (χ2n) is 7.70. The Balaban J connectivity index is 1.87. The summed E-state index contributed by atoms with van der Waals surface area (Å²) in [5.41, 5.74) is 7.60. The molecule has 0 spiro atoms. The third-order valence-electron chi connectivity index (χ3n) is 5.12. The number of rotatable bonds is 12. The van der Waals surface area contributed by atoms with Crippen LogP contribution in [0, 0.1) is 12.7 Å². The number of halogens is 1. The van der Waals surface area contributed by atoms with Crippen LogP contribution in [0.2, 0.25) is 0 Å². The highest BCUT2D eigenvalue weighted by Crippen LogP contribution is 2.30. The Labute approximate surface area is 215 Å². The van der Waals surface area contributed by atoms with Gasteiger partial charge in [-0.15, -0.1) is 0 Å². The predicted molar refractivity (Wildman–Crippen MR) is 145 cm³/mol. The van der Waals surface area contributed by atoms with Gasteiger partial charge in [0.15, 0.2) is 5.82 Å². The van der Waals surface area contributed by atoms with Gasteiger partial charge < -0.3 is 20.5 Å². The van der Waals surface area contributed by atoms with E-state index in [0.29, 0.717) is 35.7 Å². The second-order valence-corrected chi connectivity index (χ2v) is 8.34. The number of allylic oxidation sites excluding steroid dienone is 4. The van der Waals surface area contributed by atoms with Gasteiger partial charge in [0.05, 0.1) is 17.5 Å². The smallest absolute Gasteiger partial charge is 0.213 e. The number of anilines is 1. The Hall–Kier alpha value is -3.98. The van der Waals surface area contributed by atoms with E-state index >= 15 is 4.39 Å². The Morgan fingerprint density at radius 1 is 1.22 bits per heavy atom. The average Bonchev–Trinajstić information content (AvgIpc) is 3.23. The summed E-state index contributed by atoms with van der Waals surface area (Å²) < 4.78 is 25.2. The Morgan fingerprint density at radius 2 is 2.00 bits per heavy atom. The number of carbonyl (C=O) groups excluding carboxylic acids is 1. The molecular formula is C27H30FN5O2S. The van der Waals surface area contributed by atoms with E-state index in [-0.39, 0.29) is 22.9 Å². The van der Waals surface area contributed by atoms with E-state index in [1.807, 2.05) is 49.6 Å². The number of nitrogens with zero attached hydrogens (tertiary/aromatic N) is 2. The average molecular weight is 508 g/mol. The van der Waals surface area contributed by atoms with E-state index < -0.39 is 5.82 Å². The molecule has 0 unspecified atom stereocenters. The van der Waals surface area contributed by atoms with Crippen molar-refractivity contribution in [1.29, 1.82) is 0 Å². The van der Waals surface area contributed by atoms with Crippen LogP contribution in [0.5, 0.6) is 11.5 Å². The maximum atomic E-state index is 15.2. The van der Waals surface area contributed by atoms with Gasteiger partial charge in [0.25, 0.3) is 0 Å². The van der Waals surface area contributed by atoms with Crippen molar-refractivity contribution in [1.82, 2.24) is 19.8 Å². The highest BCUT2D eigenvalue weighted by atomic mass is 32.2. The molecule has 0 aliphatic rings. The van der Waals surface area contributed by atoms with Crippen LogP contribution in [0.15, 0.2) is 84.9 Å². The van der Waals surface area contributed by atoms with Gasteiger partial charge >= 0.3 is 0 Å². The summed E-state index contributed by atoms with van der Waals surface area (Å²) in [7, 11) is 0. The number of ketones is 1. The van der Waals surface area contributed by atoms with Gasteiger partial charge in [-0.25, -0.2) is 9.07 Å². The van der Waals surface area contributed by atoms with Crippen molar-refractivity contribution >= 4 is 23.5 Å². The zero-order valence-electron chi connectivity index (χ0n) is 20.5. The minimum Gasteiger partial charge on any atom is -0.457 e. The van der Waals surface area contributed by atoms with Crippen LogP contribution in [-0.2, 0) is 0 Å². The fourth-order valence-electron chi connectivity index (χ4n) is 3.42. The van der Waals surface area contributed by atoms with Crippen LogP contribution in [0.1, 0.15) is 29.3 Å². The Morgan fingerprint density at radius 3 is 2.69 bits per heavy atom. The SMILES string of the molecule is C/C=C/C/C=C(\NC/C=C/NSC)C(=O)c1cnn(-c2c(C)cc(Oc3ccccc3)cc2F)c1N. The molecule has 2 aromatic carbocycles. The molecule has 0 amide bonds. The van der Waals surface area contributed by atoms with Crippen molar-refractivity contribution in [3.8, 4) is 17.2 Å². The molecule has 0 atom stereocenters. The number of para-hydroxylation sites is 1. The molecule has 3 rings (SSSR count). The Kier molecular flexibility index (Phi) is 9.76. The zero-order chi connectivity index (χ0) is 25.9. The van der Waals surface area contributed by atoms with Crippen LogP contribution in [-0.4, -0.2) is 28.4 Å². The molecule has 0 fully saturated rings. The molecule has 1 aromatic heterocycles. The molecule has 9 heteroatoms. The molecular weight excluding hydrogens is 477 g/mol. The number of hydrogen-bond acceptors (Lipinski definition) is 7. The van der Waals surface area contributed by atoms with Gasteiger partial charge in [-0.1, -0.05) is 48.4 Å². The first-order chi connectivity index (χ1) is 17.5. The van der Waals surface area contributed by atoms with Crippen LogP contribution in [0.4, 0.5) is 10.2 Å². The number of Topliss-reactive ketones (excluding diaryl/α,β-unsaturated/α-hetero) is 1. The third-order valence-corrected chi connectivity index (χ3v) is 5.49. The topological polar surface area (TPSA) is 94.2 Å². The van der Waals surface area contributed by atoms with Crippen molar-refractivity contribution in [2.75, 3.05) is 18.5 Å². The maximum Gasteiger partial charge on any atom is 0.213 e. The van der Waals surface area contributed by atoms with Crippen LogP contribution < -0.4 is 20.5 Å². The lowest BCUT2D eigenvalue weighted by Gasteiger charge is -2.13. The first kappa shape index (κ1) is 26.6. The van der Waals surface area contributed by atoms with Crippen molar-refractivity contribution in [2.45, 2.75) is 20.3 Å². The molecule has 4 N–H and O–H groups in total. The molecule has 0 bridgehead atoms. The lowest BCUT2D eigenvalue weighted by Crippen LogP contribution is -2.22. The number of benzene rings is 2. The third kappa shape index (κ3) is 6.79. The van der Waals surface area contributed by atoms with Gasteiger partial charge in [-0.05, 0) is 50.1 Å². The van der Waals surface area contributed by atoms with Gasteiger partial charge in [-0.2, -0.15) is 5.10 Å². The van der Waals surface area contributed by atoms with Crippen LogP contribution in [0.3, 0.4) is 0 Å². The molecule has 0 radical (unpaired) electrons. The quantitative estimate of drug-likeness (QED) is 0.125. The minimum absolute atomic E-state index is 0.0528. The Bertz CT molecular complexity index is 1250. The van der Waals surface area contributed by atoms with E-state index in [0.717, 1.165) is 0 Å². The monoisotopic (exact) mass is 507 g/mol. The first-order valence-electron chi connectivity index (χ1n) is 11.4. The van der Waals surface area contributed by atoms with Crippen LogP contribution in [0.25, 0.3) is 5.69 Å². The number of nitrogens with one attached hydrogen (secondary N) is 2. The molecule has 188 valence electrons. The number of hydrogen-bond donors (Lipinski definition) is 3. The first-order valence-corrected chi connectivity index (χ1v) is 12.6. The highest BCUT2D eigenvalue weighted by molar-refractivity contribution is 7.96. The maximum absolute atomic E-state index is 15.2. The summed E-state index contributed by atoms with van der Waals surface area (Å²) in [6.07, 6.45) is 13.1. The van der Waals surface area contributed by atoms with Crippen LogP contribution >= 0.6 is 11.9 Å².